The number of hydrogen-bond acceptors (Lipinski definition) is 0. The van der Waals surface area contributed by atoms with Gasteiger partial charge in [-0.25, -0.2) is 0 Å². The van der Waals surface area contributed by atoms with Crippen LogP contribution < -0.4 is 24.8 Å². The third-order valence-electron chi connectivity index (χ3n) is 10.2. The van der Waals surface area contributed by atoms with Gasteiger partial charge in [0.2, 0.25) is 0 Å². The summed E-state index contributed by atoms with van der Waals surface area (Å²) in [5, 5.41) is 5.36. The summed E-state index contributed by atoms with van der Waals surface area (Å²) in [7, 11) is 0. The van der Waals surface area contributed by atoms with Crippen molar-refractivity contribution in [3.8, 4) is 22.3 Å². The van der Waals surface area contributed by atoms with Crippen LogP contribution in [0.25, 0.3) is 49.4 Å². The number of benzene rings is 6. The molecular weight excluding hydrogens is 631 g/mol. The third-order valence-corrected chi connectivity index (χ3v) is 22.8. The number of halogens is 2. The molecule has 0 bridgehead atoms. The second-order valence-corrected chi connectivity index (χ2v) is 23.6. The van der Waals surface area contributed by atoms with Crippen molar-refractivity contribution in [3.05, 3.63) is 150 Å². The largest absolute Gasteiger partial charge is 1.00 e. The quantitative estimate of drug-likeness (QED) is 0.237. The van der Waals surface area contributed by atoms with Crippen LogP contribution in [-0.2, 0) is 20.3 Å². The van der Waals surface area contributed by atoms with Crippen molar-refractivity contribution >= 4 is 27.1 Å². The molecule has 0 N–H and O–H groups in total. The van der Waals surface area contributed by atoms with Crippen LogP contribution in [0.1, 0.15) is 36.4 Å². The minimum absolute atomic E-state index is 0. The van der Waals surface area contributed by atoms with E-state index in [1.807, 2.05) is 0 Å². The Morgan fingerprint density at radius 2 is 1.07 bits per heavy atom. The second-order valence-electron chi connectivity index (χ2n) is 12.1. The van der Waals surface area contributed by atoms with Crippen molar-refractivity contribution in [1.82, 2.24) is 0 Å². The topological polar surface area (TPSA) is 0 Å². The average Bonchev–Trinajstić information content (AvgIpc) is 3.62. The van der Waals surface area contributed by atoms with E-state index in [0.29, 0.717) is 7.25 Å². The Hall–Kier alpha value is -2.96. The van der Waals surface area contributed by atoms with Crippen molar-refractivity contribution in [3.63, 3.8) is 0 Å². The maximum Gasteiger partial charge on any atom is -1.00 e. The fourth-order valence-corrected chi connectivity index (χ4v) is 24.9. The van der Waals surface area contributed by atoms with Crippen LogP contribution in [0.15, 0.2) is 127 Å². The first-order valence-electron chi connectivity index (χ1n) is 14.7. The van der Waals surface area contributed by atoms with Crippen LogP contribution in [0.5, 0.6) is 0 Å². The molecule has 0 spiro atoms. The molecule has 0 aromatic heterocycles. The van der Waals surface area contributed by atoms with Gasteiger partial charge in [0.15, 0.2) is 0 Å². The minimum atomic E-state index is -2.66. The van der Waals surface area contributed by atoms with E-state index in [-0.39, 0.29) is 24.8 Å². The van der Waals surface area contributed by atoms with Gasteiger partial charge in [-0.3, -0.25) is 0 Å². The van der Waals surface area contributed by atoms with Gasteiger partial charge in [-0.2, -0.15) is 0 Å². The molecule has 0 saturated carbocycles. The smallest absolute Gasteiger partial charge is 1.00 e. The number of allylic oxidation sites excluding steroid dienone is 2. The summed E-state index contributed by atoms with van der Waals surface area (Å²) in [6.45, 7) is 2.38. The molecule has 1 heterocycles. The van der Waals surface area contributed by atoms with Crippen LogP contribution in [0, 0.1) is 0 Å². The molecule has 1 atom stereocenters. The van der Waals surface area contributed by atoms with E-state index in [1.54, 1.807) is 16.7 Å². The van der Waals surface area contributed by atoms with Crippen molar-refractivity contribution in [2.24, 2.45) is 0 Å². The standard InChI is InChI=1S/C24H17.C13H9.C2H4.2ClH.Zr/c1-16-13-14-17-8-6-12-22(24(16)17)23-15-18-7-2-3-9-19(18)20-10-4-5-11-21(20)23;1-3-7-12-10(5-1)9-11-6-2-4-8-13(11)12;1-2;;;/h2-15H,1H3;1-9H;1-2H2;2*1H;/q;;;;;+2/p-2. The van der Waals surface area contributed by atoms with E-state index in [4.69, 9.17) is 0 Å². The molecule has 2 aliphatic carbocycles. The van der Waals surface area contributed by atoms with Gasteiger partial charge in [0.05, 0.1) is 0 Å². The van der Waals surface area contributed by atoms with Gasteiger partial charge in [-0.15, -0.1) is 0 Å². The molecule has 1 aliphatic heterocycles. The fourth-order valence-electron chi connectivity index (χ4n) is 8.37. The Morgan fingerprint density at radius 3 is 1.76 bits per heavy atom. The maximum absolute atomic E-state index is 2.71. The van der Waals surface area contributed by atoms with E-state index in [0.717, 1.165) is 0 Å². The zero-order chi connectivity index (χ0) is 26.4. The summed E-state index contributed by atoms with van der Waals surface area (Å²) in [6, 6.07) is 46.1. The van der Waals surface area contributed by atoms with E-state index in [1.165, 1.54) is 63.2 Å². The Bertz CT molecular complexity index is 2010. The molecule has 0 amide bonds. The summed E-state index contributed by atoms with van der Waals surface area (Å²) >= 11 is -2.66. The number of hydrogen-bond donors (Lipinski definition) is 0. The van der Waals surface area contributed by atoms with Crippen molar-refractivity contribution in [2.75, 3.05) is 0 Å². The van der Waals surface area contributed by atoms with Crippen molar-refractivity contribution in [1.29, 1.82) is 0 Å². The van der Waals surface area contributed by atoms with Crippen LogP contribution in [0.2, 0.25) is 8.26 Å². The van der Waals surface area contributed by atoms with Gasteiger partial charge < -0.3 is 24.8 Å². The summed E-state index contributed by atoms with van der Waals surface area (Å²) in [5.41, 5.74) is 13.6. The maximum atomic E-state index is 2.71. The van der Waals surface area contributed by atoms with Crippen LogP contribution in [-0.4, -0.2) is 0 Å². The van der Waals surface area contributed by atoms with Crippen LogP contribution in [0.4, 0.5) is 0 Å². The van der Waals surface area contributed by atoms with Crippen LogP contribution in [0.3, 0.4) is 0 Å². The summed E-state index contributed by atoms with van der Waals surface area (Å²) in [4.78, 5) is 0. The Morgan fingerprint density at radius 1 is 0.524 bits per heavy atom. The molecule has 3 heteroatoms. The molecule has 1 fully saturated rings. The molecule has 3 aliphatic rings. The Labute approximate surface area is 264 Å². The molecule has 0 nitrogen and oxygen atoms in total. The minimum Gasteiger partial charge on any atom is -1.00 e. The summed E-state index contributed by atoms with van der Waals surface area (Å²) in [6.07, 6.45) is 2.71. The van der Waals surface area contributed by atoms with Gasteiger partial charge in [0, 0.05) is 0 Å². The normalized spacial score (nSPS) is 16.8. The van der Waals surface area contributed by atoms with Crippen molar-refractivity contribution < 1.29 is 45.1 Å². The monoisotopic (exact) mass is 658 g/mol. The van der Waals surface area contributed by atoms with Gasteiger partial charge in [-0.05, 0) is 0 Å². The first-order valence-corrected chi connectivity index (χ1v) is 21.0. The van der Waals surface area contributed by atoms with E-state index < -0.39 is 20.3 Å². The van der Waals surface area contributed by atoms with Crippen molar-refractivity contribution in [2.45, 2.75) is 22.4 Å². The zero-order valence-electron chi connectivity index (χ0n) is 23.4. The molecule has 6 aromatic carbocycles. The van der Waals surface area contributed by atoms with Crippen LogP contribution >= 0.6 is 0 Å². The second kappa shape index (κ2) is 10.3. The molecule has 6 aromatic rings. The number of rotatable bonds is 3. The molecule has 204 valence electrons. The van der Waals surface area contributed by atoms with Gasteiger partial charge in [0.25, 0.3) is 0 Å². The Kier molecular flexibility index (Phi) is 6.86. The van der Waals surface area contributed by atoms with Gasteiger partial charge in [0.1, 0.15) is 0 Å². The SMILES string of the molecule is CC1=C[CH]([Zr+2]2([CH]3c4ccccc4-c4ccccc43)[CH2][CH2]2)c2cccc(-c3cc4ccccc4c4ccccc34)c21.[Cl-].[Cl-]. The third kappa shape index (κ3) is 3.83. The Balaban J connectivity index is 0.00000144. The molecule has 42 heavy (non-hydrogen) atoms. The predicted molar refractivity (Wildman–Crippen MR) is 167 cm³/mol. The summed E-state index contributed by atoms with van der Waals surface area (Å²) < 4.78 is 4.27. The molecule has 9 rings (SSSR count). The molecule has 1 saturated heterocycles. The van der Waals surface area contributed by atoms with E-state index >= 15 is 0 Å². The van der Waals surface area contributed by atoms with Gasteiger partial charge >= 0.3 is 242 Å². The molecular formula is C39H30Cl2Zr. The first-order chi connectivity index (χ1) is 19.7. The average molecular weight is 661 g/mol. The van der Waals surface area contributed by atoms with E-state index in [9.17, 15) is 0 Å². The zero-order valence-corrected chi connectivity index (χ0v) is 27.4. The fraction of sp³-hybridized carbons (Fsp3) is 0.128. The first kappa shape index (κ1) is 27.9. The molecule has 0 radical (unpaired) electrons. The summed E-state index contributed by atoms with van der Waals surface area (Å²) in [5.74, 6) is 0. The molecule has 1 unspecified atom stereocenters. The predicted octanol–water partition coefficient (Wildman–Crippen LogP) is 4.90. The van der Waals surface area contributed by atoms with E-state index in [2.05, 4.69) is 134 Å². The number of fused-ring (bicyclic) bond motifs is 7. The van der Waals surface area contributed by atoms with Gasteiger partial charge in [-0.1, -0.05) is 0 Å².